The molecule has 0 aliphatic carbocycles. The average Bonchev–Trinajstić information content (AvgIpc) is 3.05. The molecule has 3 rings (SSSR count). The number of unbranched alkanes of at least 4 members (excludes halogenated alkanes) is 4. The van der Waals surface area contributed by atoms with Gasteiger partial charge in [-0.25, -0.2) is 4.79 Å². The zero-order valence-corrected chi connectivity index (χ0v) is 26.9. The first-order chi connectivity index (χ1) is 22.3. The fourth-order valence-corrected chi connectivity index (χ4v) is 4.66. The fourth-order valence-electron chi connectivity index (χ4n) is 4.66. The number of aryl methyl sites for hydroxylation is 1. The molecule has 0 saturated heterocycles. The minimum Gasteiger partial charge on any atom is -0.508 e. The van der Waals surface area contributed by atoms with E-state index in [-0.39, 0.29) is 18.4 Å². The summed E-state index contributed by atoms with van der Waals surface area (Å²) in [4.78, 5) is 21.1. The van der Waals surface area contributed by atoms with Gasteiger partial charge < -0.3 is 41.1 Å². The predicted octanol–water partition coefficient (Wildman–Crippen LogP) is 5.20. The number of hydrogen-bond acceptors (Lipinski definition) is 7. The first-order valence-corrected chi connectivity index (χ1v) is 16.0. The van der Waals surface area contributed by atoms with Crippen molar-refractivity contribution in [3.05, 3.63) is 101 Å². The molecule has 0 aliphatic heterocycles. The Morgan fingerprint density at radius 2 is 1.41 bits per heavy atom. The highest BCUT2D eigenvalue weighted by atomic mass is 16.5. The third kappa shape index (κ3) is 17.5. The number of urea groups is 1. The van der Waals surface area contributed by atoms with E-state index in [0.717, 1.165) is 82.8 Å². The molecule has 0 radical (unpaired) electrons. The molecule has 10 nitrogen and oxygen atoms in total. The number of aliphatic hydroxyl groups is 2. The SMILES string of the molecule is CC(=O)O.O=C(NCc1ccccc1)NCc1cccc(CCCCOCCCCCCNC[C@H](O)c2ccc(O)c(CO)c2)c1. The Morgan fingerprint density at radius 1 is 0.783 bits per heavy atom. The van der Waals surface area contributed by atoms with Gasteiger partial charge in [0.05, 0.1) is 12.7 Å². The number of aliphatic carboxylic acids is 1. The second-order valence-electron chi connectivity index (χ2n) is 11.1. The van der Waals surface area contributed by atoms with Crippen molar-refractivity contribution < 1.29 is 34.8 Å². The molecule has 3 aromatic carbocycles. The van der Waals surface area contributed by atoms with Crippen LogP contribution in [0.2, 0.25) is 0 Å². The van der Waals surface area contributed by atoms with Gasteiger partial charge in [0.2, 0.25) is 0 Å². The van der Waals surface area contributed by atoms with E-state index in [1.165, 1.54) is 11.6 Å². The van der Waals surface area contributed by atoms with Crippen LogP contribution in [-0.2, 0) is 35.6 Å². The van der Waals surface area contributed by atoms with Gasteiger partial charge in [0.15, 0.2) is 0 Å². The standard InChI is InChI=1S/C34H47N3O5.C2H4O2/c38-26-31-22-30(16-17-32(31)39)33(40)25-35-18-7-1-2-8-19-42-20-9-6-11-27-14-10-15-29(21-27)24-37-34(41)36-23-28-12-4-3-5-13-28;1-2(3)4/h3-5,10,12-17,21-22,33,35,38-40H,1-2,6-9,11,18-20,23-26H2,(H2,36,37,41);1H3,(H,3,4)/t33-;/m0./s1. The van der Waals surface area contributed by atoms with Crippen molar-refractivity contribution in [3.8, 4) is 5.75 Å². The summed E-state index contributed by atoms with van der Waals surface area (Å²) in [6.07, 6.45) is 6.73. The Hall–Kier alpha value is -3.96. The van der Waals surface area contributed by atoms with E-state index in [0.29, 0.717) is 30.8 Å². The van der Waals surface area contributed by atoms with Crippen molar-refractivity contribution >= 4 is 12.0 Å². The van der Waals surface area contributed by atoms with Gasteiger partial charge in [-0.1, -0.05) is 73.5 Å². The first kappa shape index (κ1) is 38.2. The molecule has 0 bridgehead atoms. The van der Waals surface area contributed by atoms with Crippen LogP contribution in [0.25, 0.3) is 0 Å². The van der Waals surface area contributed by atoms with Crippen molar-refractivity contribution in [3.63, 3.8) is 0 Å². The largest absolute Gasteiger partial charge is 0.508 e. The molecule has 7 N–H and O–H groups in total. The summed E-state index contributed by atoms with van der Waals surface area (Å²) in [5.74, 6) is -0.792. The molecule has 0 aliphatic rings. The fraction of sp³-hybridized carbons (Fsp3) is 0.444. The van der Waals surface area contributed by atoms with Gasteiger partial charge in [0, 0.05) is 45.3 Å². The number of carbonyl (C=O) groups excluding carboxylic acids is 1. The molecule has 252 valence electrons. The molecule has 1 atom stereocenters. The number of benzene rings is 3. The number of ether oxygens (including phenoxy) is 1. The van der Waals surface area contributed by atoms with E-state index >= 15 is 0 Å². The molecule has 0 aromatic heterocycles. The van der Waals surface area contributed by atoms with Crippen LogP contribution in [0.15, 0.2) is 72.8 Å². The zero-order valence-electron chi connectivity index (χ0n) is 26.9. The highest BCUT2D eigenvalue weighted by molar-refractivity contribution is 5.73. The molecular formula is C36H51N3O7. The molecule has 0 saturated carbocycles. The molecule has 0 spiro atoms. The number of carboxylic acids is 1. The quantitative estimate of drug-likeness (QED) is 0.0833. The Balaban J connectivity index is 0.00000173. The van der Waals surface area contributed by atoms with E-state index in [1.54, 1.807) is 12.1 Å². The van der Waals surface area contributed by atoms with Crippen LogP contribution >= 0.6 is 0 Å². The number of rotatable bonds is 20. The summed E-state index contributed by atoms with van der Waals surface area (Å²) in [5, 5.41) is 45.7. The number of aliphatic hydroxyl groups excluding tert-OH is 2. The van der Waals surface area contributed by atoms with E-state index in [1.807, 2.05) is 42.5 Å². The van der Waals surface area contributed by atoms with Gasteiger partial charge in [0.1, 0.15) is 5.75 Å². The smallest absolute Gasteiger partial charge is 0.315 e. The minimum absolute atomic E-state index is 0.0412. The number of carboxylic acid groups (broad SMARTS) is 1. The third-order valence-electron chi connectivity index (χ3n) is 7.13. The lowest BCUT2D eigenvalue weighted by atomic mass is 10.1. The summed E-state index contributed by atoms with van der Waals surface area (Å²) in [7, 11) is 0. The maximum atomic E-state index is 12.1. The maximum absolute atomic E-state index is 12.1. The number of amides is 2. The van der Waals surface area contributed by atoms with Crippen LogP contribution in [0.3, 0.4) is 0 Å². The van der Waals surface area contributed by atoms with Gasteiger partial charge >= 0.3 is 6.03 Å². The molecule has 2 amide bonds. The summed E-state index contributed by atoms with van der Waals surface area (Å²) in [5.41, 5.74) is 4.55. The Morgan fingerprint density at radius 3 is 2.13 bits per heavy atom. The summed E-state index contributed by atoms with van der Waals surface area (Å²) in [6, 6.07) is 22.9. The van der Waals surface area contributed by atoms with Crippen molar-refractivity contribution in [1.82, 2.24) is 16.0 Å². The topological polar surface area (TPSA) is 160 Å². The predicted molar refractivity (Wildman–Crippen MR) is 179 cm³/mol. The second-order valence-corrected chi connectivity index (χ2v) is 11.1. The van der Waals surface area contributed by atoms with E-state index in [2.05, 4.69) is 28.1 Å². The summed E-state index contributed by atoms with van der Waals surface area (Å²) >= 11 is 0. The maximum Gasteiger partial charge on any atom is 0.315 e. The number of carbonyl (C=O) groups is 2. The highest BCUT2D eigenvalue weighted by Gasteiger charge is 2.10. The van der Waals surface area contributed by atoms with Gasteiger partial charge in [0.25, 0.3) is 5.97 Å². The number of hydrogen-bond donors (Lipinski definition) is 7. The van der Waals surface area contributed by atoms with Crippen LogP contribution in [-0.4, -0.2) is 58.7 Å². The lowest BCUT2D eigenvalue weighted by molar-refractivity contribution is -0.134. The van der Waals surface area contributed by atoms with Gasteiger partial charge in [-0.3, -0.25) is 4.79 Å². The molecule has 10 heteroatoms. The number of phenols is 1. The lowest BCUT2D eigenvalue weighted by Crippen LogP contribution is -2.34. The van der Waals surface area contributed by atoms with E-state index in [4.69, 9.17) is 14.6 Å². The van der Waals surface area contributed by atoms with Crippen LogP contribution in [0.5, 0.6) is 5.75 Å². The summed E-state index contributed by atoms with van der Waals surface area (Å²) < 4.78 is 5.81. The molecule has 0 fully saturated rings. The van der Waals surface area contributed by atoms with Crippen LogP contribution < -0.4 is 16.0 Å². The van der Waals surface area contributed by atoms with E-state index in [9.17, 15) is 20.1 Å². The van der Waals surface area contributed by atoms with Gasteiger partial charge in [-0.05, 0) is 73.0 Å². The minimum atomic E-state index is -0.833. The van der Waals surface area contributed by atoms with Gasteiger partial charge in [-0.15, -0.1) is 0 Å². The van der Waals surface area contributed by atoms with Crippen molar-refractivity contribution in [1.29, 1.82) is 0 Å². The number of nitrogens with one attached hydrogen (secondary N) is 3. The third-order valence-corrected chi connectivity index (χ3v) is 7.13. The lowest BCUT2D eigenvalue weighted by Gasteiger charge is -2.14. The Kier molecular flexibility index (Phi) is 19.4. The summed E-state index contributed by atoms with van der Waals surface area (Å²) in [6.45, 7) is 4.67. The van der Waals surface area contributed by atoms with Crippen molar-refractivity contribution in [2.75, 3.05) is 26.3 Å². The Labute approximate surface area is 272 Å². The molecular weight excluding hydrogens is 586 g/mol. The van der Waals surface area contributed by atoms with Crippen molar-refractivity contribution in [2.45, 2.75) is 77.7 Å². The van der Waals surface area contributed by atoms with E-state index < -0.39 is 12.1 Å². The molecule has 3 aromatic rings. The molecule has 0 heterocycles. The van der Waals surface area contributed by atoms with Crippen LogP contribution in [0, 0.1) is 0 Å². The van der Waals surface area contributed by atoms with Crippen LogP contribution in [0.4, 0.5) is 4.79 Å². The van der Waals surface area contributed by atoms with Crippen LogP contribution in [0.1, 0.15) is 79.4 Å². The second kappa shape index (κ2) is 23.4. The van der Waals surface area contributed by atoms with Crippen molar-refractivity contribution in [2.24, 2.45) is 0 Å². The average molecular weight is 638 g/mol. The monoisotopic (exact) mass is 637 g/mol. The molecule has 46 heavy (non-hydrogen) atoms. The van der Waals surface area contributed by atoms with Gasteiger partial charge in [-0.2, -0.15) is 0 Å². The zero-order chi connectivity index (χ0) is 33.4. The first-order valence-electron chi connectivity index (χ1n) is 16.0. The Bertz CT molecular complexity index is 1270. The highest BCUT2D eigenvalue weighted by Crippen LogP contribution is 2.22. The number of aromatic hydroxyl groups is 1. The molecule has 0 unspecified atom stereocenters. The normalized spacial score (nSPS) is 11.3.